The lowest BCUT2D eigenvalue weighted by Gasteiger charge is -2.13. The minimum atomic E-state index is 0.0969. The highest BCUT2D eigenvalue weighted by Crippen LogP contribution is 2.32. The summed E-state index contributed by atoms with van der Waals surface area (Å²) in [6.07, 6.45) is 0.0969. The number of aryl methyl sites for hydroxylation is 1. The SMILES string of the molecule is Cc1nnc(Sc2ccc(N)c(OC(C)C)c2)n1C. The second kappa shape index (κ2) is 5.52. The molecule has 0 aliphatic carbocycles. The Morgan fingerprint density at radius 2 is 2.05 bits per heavy atom. The van der Waals surface area contributed by atoms with Crippen molar-refractivity contribution in [1.82, 2.24) is 14.8 Å². The van der Waals surface area contributed by atoms with Gasteiger partial charge in [-0.2, -0.15) is 0 Å². The van der Waals surface area contributed by atoms with Gasteiger partial charge in [-0.05, 0) is 50.7 Å². The summed E-state index contributed by atoms with van der Waals surface area (Å²) < 4.78 is 7.63. The molecule has 0 amide bonds. The van der Waals surface area contributed by atoms with E-state index in [1.165, 1.54) is 11.8 Å². The third-order valence-electron chi connectivity index (χ3n) is 2.61. The molecule has 0 aliphatic heterocycles. The average molecular weight is 278 g/mol. The van der Waals surface area contributed by atoms with E-state index in [0.29, 0.717) is 11.4 Å². The van der Waals surface area contributed by atoms with Crippen molar-refractivity contribution in [1.29, 1.82) is 0 Å². The lowest BCUT2D eigenvalue weighted by atomic mass is 10.3. The molecule has 1 aromatic carbocycles. The normalized spacial score (nSPS) is 11.0. The van der Waals surface area contributed by atoms with Crippen molar-refractivity contribution in [3.8, 4) is 5.75 Å². The summed E-state index contributed by atoms with van der Waals surface area (Å²) in [5.74, 6) is 1.59. The van der Waals surface area contributed by atoms with E-state index >= 15 is 0 Å². The highest BCUT2D eigenvalue weighted by molar-refractivity contribution is 7.99. The smallest absolute Gasteiger partial charge is 0.195 e. The fourth-order valence-electron chi connectivity index (χ4n) is 1.52. The molecule has 2 N–H and O–H groups in total. The maximum absolute atomic E-state index is 5.90. The van der Waals surface area contributed by atoms with Crippen LogP contribution in [0.25, 0.3) is 0 Å². The third kappa shape index (κ3) is 3.20. The lowest BCUT2D eigenvalue weighted by Crippen LogP contribution is -2.07. The molecule has 2 aromatic rings. The summed E-state index contributed by atoms with van der Waals surface area (Å²) >= 11 is 1.54. The third-order valence-corrected chi connectivity index (χ3v) is 3.64. The Morgan fingerprint density at radius 3 is 2.63 bits per heavy atom. The average Bonchev–Trinajstić information content (AvgIpc) is 2.65. The van der Waals surface area contributed by atoms with Crippen LogP contribution in [0.5, 0.6) is 5.75 Å². The van der Waals surface area contributed by atoms with Crippen LogP contribution >= 0.6 is 11.8 Å². The van der Waals surface area contributed by atoms with Gasteiger partial charge in [-0.3, -0.25) is 0 Å². The second-order valence-electron chi connectivity index (χ2n) is 4.56. The van der Waals surface area contributed by atoms with Gasteiger partial charge in [0.05, 0.1) is 11.8 Å². The molecule has 5 nitrogen and oxygen atoms in total. The molecule has 1 heterocycles. The Kier molecular flexibility index (Phi) is 3.99. The maximum atomic E-state index is 5.90. The Morgan fingerprint density at radius 1 is 1.32 bits per heavy atom. The van der Waals surface area contributed by atoms with Crippen LogP contribution in [0, 0.1) is 6.92 Å². The number of nitrogens with zero attached hydrogens (tertiary/aromatic N) is 3. The summed E-state index contributed by atoms with van der Waals surface area (Å²) in [6.45, 7) is 5.88. The van der Waals surface area contributed by atoms with Crippen LogP contribution in [0.2, 0.25) is 0 Å². The van der Waals surface area contributed by atoms with Crippen molar-refractivity contribution >= 4 is 17.4 Å². The van der Waals surface area contributed by atoms with E-state index in [-0.39, 0.29) is 6.10 Å². The molecule has 0 aliphatic rings. The quantitative estimate of drug-likeness (QED) is 0.871. The molecule has 19 heavy (non-hydrogen) atoms. The molecule has 2 rings (SSSR count). The van der Waals surface area contributed by atoms with Crippen molar-refractivity contribution in [2.75, 3.05) is 5.73 Å². The van der Waals surface area contributed by atoms with E-state index in [1.807, 2.05) is 50.6 Å². The van der Waals surface area contributed by atoms with E-state index < -0.39 is 0 Å². The minimum Gasteiger partial charge on any atom is -0.489 e. The second-order valence-corrected chi connectivity index (χ2v) is 5.60. The highest BCUT2D eigenvalue weighted by Gasteiger charge is 2.10. The predicted octanol–water partition coefficient (Wildman–Crippen LogP) is 2.64. The Hall–Kier alpha value is -1.69. The van der Waals surface area contributed by atoms with Gasteiger partial charge in [0.2, 0.25) is 0 Å². The Labute approximate surface area is 117 Å². The first-order chi connectivity index (χ1) is 8.97. The van der Waals surface area contributed by atoms with E-state index in [1.54, 1.807) is 0 Å². The molecular weight excluding hydrogens is 260 g/mol. The molecule has 0 saturated carbocycles. The van der Waals surface area contributed by atoms with Gasteiger partial charge in [-0.25, -0.2) is 0 Å². The minimum absolute atomic E-state index is 0.0969. The standard InChI is InChI=1S/C13H18N4OS/c1-8(2)18-12-7-10(5-6-11(12)14)19-13-16-15-9(3)17(13)4/h5-8H,14H2,1-4H3. The van der Waals surface area contributed by atoms with Crippen molar-refractivity contribution in [3.05, 3.63) is 24.0 Å². The van der Waals surface area contributed by atoms with Crippen LogP contribution < -0.4 is 10.5 Å². The summed E-state index contributed by atoms with van der Waals surface area (Å²) in [6, 6.07) is 5.74. The number of rotatable bonds is 4. The van der Waals surface area contributed by atoms with Crippen LogP contribution in [0.4, 0.5) is 5.69 Å². The number of hydrogen-bond acceptors (Lipinski definition) is 5. The van der Waals surface area contributed by atoms with E-state index in [4.69, 9.17) is 10.5 Å². The van der Waals surface area contributed by atoms with Gasteiger partial charge in [0.25, 0.3) is 0 Å². The van der Waals surface area contributed by atoms with Crippen LogP contribution in [0.1, 0.15) is 19.7 Å². The van der Waals surface area contributed by atoms with E-state index in [9.17, 15) is 0 Å². The zero-order valence-corrected chi connectivity index (χ0v) is 12.4. The van der Waals surface area contributed by atoms with Gasteiger partial charge in [-0.15, -0.1) is 10.2 Å². The van der Waals surface area contributed by atoms with Gasteiger partial charge >= 0.3 is 0 Å². The zero-order valence-electron chi connectivity index (χ0n) is 11.5. The molecular formula is C13H18N4OS. The summed E-state index contributed by atoms with van der Waals surface area (Å²) in [7, 11) is 1.94. The van der Waals surface area contributed by atoms with Crippen molar-refractivity contribution in [3.63, 3.8) is 0 Å². The van der Waals surface area contributed by atoms with Gasteiger partial charge < -0.3 is 15.0 Å². The molecule has 0 spiro atoms. The molecule has 1 aromatic heterocycles. The number of nitrogens with two attached hydrogens (primary N) is 1. The van der Waals surface area contributed by atoms with Crippen LogP contribution in [0.15, 0.2) is 28.3 Å². The van der Waals surface area contributed by atoms with Crippen molar-refractivity contribution in [2.45, 2.75) is 36.9 Å². The molecule has 0 fully saturated rings. The van der Waals surface area contributed by atoms with Crippen LogP contribution in [-0.4, -0.2) is 20.9 Å². The van der Waals surface area contributed by atoms with Crippen LogP contribution in [0.3, 0.4) is 0 Å². The Bertz CT molecular complexity index is 580. The lowest BCUT2D eigenvalue weighted by molar-refractivity contribution is 0.243. The van der Waals surface area contributed by atoms with Gasteiger partial charge in [0, 0.05) is 11.9 Å². The van der Waals surface area contributed by atoms with Crippen molar-refractivity contribution in [2.24, 2.45) is 7.05 Å². The highest BCUT2D eigenvalue weighted by atomic mass is 32.2. The number of nitrogen functional groups attached to an aromatic ring is 1. The van der Waals surface area contributed by atoms with E-state index in [0.717, 1.165) is 15.9 Å². The molecule has 6 heteroatoms. The van der Waals surface area contributed by atoms with Gasteiger partial charge in [0.15, 0.2) is 5.16 Å². The summed E-state index contributed by atoms with van der Waals surface area (Å²) in [5.41, 5.74) is 6.54. The first-order valence-corrected chi connectivity index (χ1v) is 6.89. The van der Waals surface area contributed by atoms with Crippen molar-refractivity contribution < 1.29 is 4.74 Å². The first-order valence-electron chi connectivity index (χ1n) is 6.07. The first kappa shape index (κ1) is 13.7. The Balaban J connectivity index is 2.24. The number of anilines is 1. The summed E-state index contributed by atoms with van der Waals surface area (Å²) in [4.78, 5) is 1.03. The van der Waals surface area contributed by atoms with Gasteiger partial charge in [-0.1, -0.05) is 0 Å². The van der Waals surface area contributed by atoms with Gasteiger partial charge in [0.1, 0.15) is 11.6 Å². The topological polar surface area (TPSA) is 66.0 Å². The zero-order chi connectivity index (χ0) is 14.0. The number of ether oxygens (including phenoxy) is 1. The predicted molar refractivity (Wildman–Crippen MR) is 76.5 cm³/mol. The largest absolute Gasteiger partial charge is 0.489 e. The molecule has 0 atom stereocenters. The number of hydrogen-bond donors (Lipinski definition) is 1. The monoisotopic (exact) mass is 278 g/mol. The van der Waals surface area contributed by atoms with E-state index in [2.05, 4.69) is 10.2 Å². The summed E-state index contributed by atoms with van der Waals surface area (Å²) in [5, 5.41) is 9.01. The molecule has 102 valence electrons. The van der Waals surface area contributed by atoms with Crippen LogP contribution in [-0.2, 0) is 7.05 Å². The molecule has 0 unspecified atom stereocenters. The maximum Gasteiger partial charge on any atom is 0.195 e. The number of aromatic nitrogens is 3. The fourth-order valence-corrected chi connectivity index (χ4v) is 2.38. The molecule has 0 radical (unpaired) electrons. The fraction of sp³-hybridized carbons (Fsp3) is 0.385. The number of benzene rings is 1. The molecule has 0 saturated heterocycles. The molecule has 0 bridgehead atoms.